The van der Waals surface area contributed by atoms with E-state index in [2.05, 4.69) is 10.6 Å². The first-order valence-electron chi connectivity index (χ1n) is 13.0. The van der Waals surface area contributed by atoms with Gasteiger partial charge >= 0.3 is 0 Å². The molecule has 1 aromatic carbocycles. The van der Waals surface area contributed by atoms with Crippen molar-refractivity contribution in [2.75, 3.05) is 19.6 Å². The maximum Gasteiger partial charge on any atom is 0.243 e. The smallest absolute Gasteiger partial charge is 0.243 e. The van der Waals surface area contributed by atoms with Crippen LogP contribution in [0.5, 0.6) is 0 Å². The summed E-state index contributed by atoms with van der Waals surface area (Å²) in [6.45, 7) is 3.25. The van der Waals surface area contributed by atoms with E-state index in [-0.39, 0.29) is 23.8 Å². The maximum absolute atomic E-state index is 13.2. The van der Waals surface area contributed by atoms with Crippen LogP contribution in [0.25, 0.3) is 0 Å². The summed E-state index contributed by atoms with van der Waals surface area (Å²) in [6.07, 6.45) is 4.91. The Kier molecular flexibility index (Phi) is 9.96. The van der Waals surface area contributed by atoms with E-state index in [1.807, 2.05) is 30.3 Å². The molecule has 0 aliphatic carbocycles. The van der Waals surface area contributed by atoms with Gasteiger partial charge in [-0.05, 0) is 74.5 Å². The first-order valence-corrected chi connectivity index (χ1v) is 14.2. The number of thiophene rings is 1. The first-order chi connectivity index (χ1) is 17.9. The fourth-order valence-electron chi connectivity index (χ4n) is 5.00. The molecule has 5 N–H and O–H groups in total. The predicted octanol–water partition coefficient (Wildman–Crippen LogP) is 3.66. The summed E-state index contributed by atoms with van der Waals surface area (Å²) < 4.78 is 6.12. The normalized spacial score (nSPS) is 20.2. The van der Waals surface area contributed by atoms with E-state index in [1.165, 1.54) is 11.3 Å². The van der Waals surface area contributed by atoms with Crippen molar-refractivity contribution in [3.05, 3.63) is 56.7 Å². The number of hydrogen-bond acceptors (Lipinski definition) is 6. The van der Waals surface area contributed by atoms with Crippen LogP contribution in [0.15, 0.2) is 36.4 Å². The zero-order valence-electron chi connectivity index (χ0n) is 21.0. The van der Waals surface area contributed by atoms with E-state index in [4.69, 9.17) is 27.5 Å². The average Bonchev–Trinajstić information content (AvgIpc) is 3.55. The number of benzene rings is 1. The largest absolute Gasteiger partial charge is 0.383 e. The molecule has 0 bridgehead atoms. The molecule has 2 atom stereocenters. The highest BCUT2D eigenvalue weighted by Crippen LogP contribution is 2.25. The van der Waals surface area contributed by atoms with Crippen molar-refractivity contribution in [2.24, 2.45) is 11.7 Å². The summed E-state index contributed by atoms with van der Waals surface area (Å²) in [5.74, 6) is 0.525. The van der Waals surface area contributed by atoms with E-state index >= 15 is 0 Å². The van der Waals surface area contributed by atoms with Gasteiger partial charge in [-0.3, -0.25) is 15.0 Å². The molecule has 10 heteroatoms. The van der Waals surface area contributed by atoms with Crippen LogP contribution in [0.1, 0.15) is 53.8 Å². The van der Waals surface area contributed by atoms with Crippen molar-refractivity contribution in [3.63, 3.8) is 0 Å². The Balaban J connectivity index is 1.34. The standard InChI is InChI=1S/C27H36ClN5O3S/c28-20-6-4-19(5-7-20)17-36-21-14-23(27(35)32-15-22-8-9-24(37-22)26(29)30)33(16-21)25(34)3-1-2-18-10-12-31-13-11-18/h4-9,18,21,23,31H,1-3,10-17H2,(H3,29,30)(H,32,35)/t21-,23+/m1/s1. The lowest BCUT2D eigenvalue weighted by Gasteiger charge is -2.25. The maximum atomic E-state index is 13.2. The molecule has 0 unspecified atom stereocenters. The second-order valence-electron chi connectivity index (χ2n) is 9.84. The Morgan fingerprint density at radius 1 is 1.19 bits per heavy atom. The van der Waals surface area contributed by atoms with Crippen molar-refractivity contribution in [2.45, 2.75) is 63.8 Å². The molecule has 2 aliphatic heterocycles. The second-order valence-corrected chi connectivity index (χ2v) is 11.4. The van der Waals surface area contributed by atoms with Gasteiger partial charge in [0, 0.05) is 29.3 Å². The van der Waals surface area contributed by atoms with Crippen molar-refractivity contribution >= 4 is 40.6 Å². The van der Waals surface area contributed by atoms with E-state index in [1.54, 1.807) is 11.0 Å². The van der Waals surface area contributed by atoms with Gasteiger partial charge < -0.3 is 26.0 Å². The van der Waals surface area contributed by atoms with E-state index in [0.717, 1.165) is 49.2 Å². The number of nitrogens with zero attached hydrogens (tertiary/aromatic N) is 1. The number of carbonyl (C=O) groups is 2. The number of hydrogen-bond donors (Lipinski definition) is 4. The minimum Gasteiger partial charge on any atom is -0.383 e. The molecule has 0 saturated carbocycles. The molecule has 2 amide bonds. The highest BCUT2D eigenvalue weighted by atomic mass is 35.5. The molecule has 8 nitrogen and oxygen atoms in total. The number of nitrogen functional groups attached to an aromatic ring is 1. The van der Waals surface area contributed by atoms with Crippen LogP contribution in [-0.4, -0.2) is 54.3 Å². The van der Waals surface area contributed by atoms with Crippen molar-refractivity contribution in [1.82, 2.24) is 15.5 Å². The topological polar surface area (TPSA) is 121 Å². The highest BCUT2D eigenvalue weighted by molar-refractivity contribution is 7.14. The number of ether oxygens (including phenoxy) is 1. The van der Waals surface area contributed by atoms with Gasteiger partial charge in [0.2, 0.25) is 11.8 Å². The van der Waals surface area contributed by atoms with Crippen LogP contribution >= 0.6 is 22.9 Å². The molecule has 2 saturated heterocycles. The third-order valence-corrected chi connectivity index (χ3v) is 8.48. The fraction of sp³-hybridized carbons (Fsp3) is 0.519. The molecule has 0 radical (unpaired) electrons. The first kappa shape index (κ1) is 27.6. The number of likely N-dealkylation sites (tertiary alicyclic amines) is 1. The molecule has 1 aromatic heterocycles. The lowest BCUT2D eigenvalue weighted by molar-refractivity contribution is -0.138. The number of carbonyl (C=O) groups excluding carboxylic acids is 2. The number of piperidine rings is 1. The van der Waals surface area contributed by atoms with Gasteiger partial charge in [-0.2, -0.15) is 0 Å². The van der Waals surface area contributed by atoms with Crippen LogP contribution in [0.4, 0.5) is 0 Å². The van der Waals surface area contributed by atoms with Gasteiger partial charge in [-0.1, -0.05) is 23.7 Å². The lowest BCUT2D eigenvalue weighted by Crippen LogP contribution is -2.45. The SMILES string of the molecule is N=C(N)c1ccc(CNC(=O)[C@@H]2C[C@@H](OCc3ccc(Cl)cc3)CN2C(=O)CCCC2CCNCC2)s1. The predicted molar refractivity (Wildman–Crippen MR) is 147 cm³/mol. The van der Waals surface area contributed by atoms with Gasteiger partial charge in [0.05, 0.1) is 24.1 Å². The molecule has 37 heavy (non-hydrogen) atoms. The number of amides is 2. The van der Waals surface area contributed by atoms with Crippen molar-refractivity contribution < 1.29 is 14.3 Å². The van der Waals surface area contributed by atoms with Gasteiger partial charge in [0.15, 0.2) is 0 Å². The summed E-state index contributed by atoms with van der Waals surface area (Å²) in [4.78, 5) is 29.7. The quantitative estimate of drug-likeness (QED) is 0.254. The van der Waals surface area contributed by atoms with Crippen molar-refractivity contribution in [1.29, 1.82) is 5.41 Å². The summed E-state index contributed by atoms with van der Waals surface area (Å²) in [6, 6.07) is 10.6. The Labute approximate surface area is 227 Å². The number of halogens is 1. The van der Waals surface area contributed by atoms with Crippen LogP contribution in [0, 0.1) is 11.3 Å². The monoisotopic (exact) mass is 545 g/mol. The minimum atomic E-state index is -0.561. The highest BCUT2D eigenvalue weighted by Gasteiger charge is 2.39. The van der Waals surface area contributed by atoms with Gasteiger partial charge in [0.1, 0.15) is 11.9 Å². The number of rotatable bonds is 11. The van der Waals surface area contributed by atoms with Crippen LogP contribution in [-0.2, 0) is 27.5 Å². The molecule has 200 valence electrons. The molecule has 0 spiro atoms. The van der Waals surface area contributed by atoms with Gasteiger partial charge in [-0.15, -0.1) is 11.3 Å². The summed E-state index contributed by atoms with van der Waals surface area (Å²) >= 11 is 7.36. The third-order valence-electron chi connectivity index (χ3n) is 7.11. The third kappa shape index (κ3) is 8.01. The number of nitrogens with two attached hydrogens (primary N) is 1. The molecular weight excluding hydrogens is 510 g/mol. The lowest BCUT2D eigenvalue weighted by atomic mass is 9.92. The van der Waals surface area contributed by atoms with Crippen LogP contribution in [0.2, 0.25) is 5.02 Å². The zero-order chi connectivity index (χ0) is 26.2. The zero-order valence-corrected chi connectivity index (χ0v) is 22.6. The fourth-order valence-corrected chi connectivity index (χ4v) is 5.94. The Hall–Kier alpha value is -2.46. The number of nitrogens with one attached hydrogen (secondary N) is 3. The number of amidine groups is 1. The Bertz CT molecular complexity index is 1070. The summed E-state index contributed by atoms with van der Waals surface area (Å²) in [5, 5.41) is 14.6. The molecule has 2 fully saturated rings. The Morgan fingerprint density at radius 2 is 1.95 bits per heavy atom. The van der Waals surface area contributed by atoms with Gasteiger partial charge in [-0.25, -0.2) is 0 Å². The molecular formula is C27H36ClN5O3S. The molecule has 2 aliphatic rings. The van der Waals surface area contributed by atoms with Crippen molar-refractivity contribution in [3.8, 4) is 0 Å². The van der Waals surface area contributed by atoms with Crippen LogP contribution in [0.3, 0.4) is 0 Å². The van der Waals surface area contributed by atoms with Gasteiger partial charge in [0.25, 0.3) is 0 Å². The molecule has 4 rings (SSSR count). The summed E-state index contributed by atoms with van der Waals surface area (Å²) in [5.41, 5.74) is 6.55. The second kappa shape index (κ2) is 13.4. The average molecular weight is 546 g/mol. The van der Waals surface area contributed by atoms with Crippen LogP contribution < -0.4 is 16.4 Å². The van der Waals surface area contributed by atoms with E-state index in [9.17, 15) is 9.59 Å². The van der Waals surface area contributed by atoms with E-state index in [0.29, 0.717) is 48.4 Å². The summed E-state index contributed by atoms with van der Waals surface area (Å²) in [7, 11) is 0. The molecule has 3 heterocycles. The Morgan fingerprint density at radius 3 is 2.65 bits per heavy atom. The minimum absolute atomic E-state index is 0.0142. The molecule has 2 aromatic rings. The van der Waals surface area contributed by atoms with E-state index < -0.39 is 6.04 Å².